The summed E-state index contributed by atoms with van der Waals surface area (Å²) in [5.74, 6) is 0. The van der Waals surface area contributed by atoms with E-state index in [0.717, 1.165) is 0 Å². The van der Waals surface area contributed by atoms with Crippen LogP contribution in [0.5, 0.6) is 0 Å². The van der Waals surface area contributed by atoms with E-state index in [4.69, 9.17) is 0 Å². The third-order valence-corrected chi connectivity index (χ3v) is 1.88. The molecule has 4 heteroatoms. The van der Waals surface area contributed by atoms with E-state index in [1.54, 1.807) is 0 Å². The molecule has 0 aliphatic heterocycles. The number of hydrogen-bond donors (Lipinski definition) is 1. The fourth-order valence-electron chi connectivity index (χ4n) is 1.52. The van der Waals surface area contributed by atoms with E-state index in [9.17, 15) is 0 Å². The van der Waals surface area contributed by atoms with Crippen molar-refractivity contribution in [3.05, 3.63) is 18.3 Å². The van der Waals surface area contributed by atoms with Gasteiger partial charge in [0.05, 0.1) is 0 Å². The van der Waals surface area contributed by atoms with E-state index < -0.39 is 0 Å². The Bertz CT molecular complexity index is 210. The van der Waals surface area contributed by atoms with E-state index in [1.165, 1.54) is 5.59 Å². The van der Waals surface area contributed by atoms with Gasteiger partial charge in [-0.2, -0.15) is 0 Å². The highest BCUT2D eigenvalue weighted by Gasteiger charge is 2.23. The number of aromatic nitrogens is 1. The third kappa shape index (κ3) is 1.90. The molecule has 3 nitrogen and oxygen atoms in total. The Labute approximate surface area is 74.5 Å². The van der Waals surface area contributed by atoms with Crippen molar-refractivity contribution in [3.8, 4) is 0 Å². The van der Waals surface area contributed by atoms with Gasteiger partial charge in [0.25, 0.3) is 0 Å². The Hall–Kier alpha value is -0.735. The van der Waals surface area contributed by atoms with Crippen LogP contribution in [-0.2, 0) is 0 Å². The van der Waals surface area contributed by atoms with Crippen molar-refractivity contribution in [3.63, 3.8) is 0 Å². The Morgan fingerprint density at radius 1 is 1.17 bits per heavy atom. The average molecular weight is 165 g/mol. The minimum Gasteiger partial charge on any atom is -0.370 e. The van der Waals surface area contributed by atoms with Crippen LogP contribution in [0.15, 0.2) is 18.3 Å². The lowest BCUT2D eigenvalue weighted by molar-refractivity contribution is 0.530. The summed E-state index contributed by atoms with van der Waals surface area (Å²) in [4.78, 5) is 7.56. The van der Waals surface area contributed by atoms with Crippen LogP contribution in [0.4, 0.5) is 0 Å². The van der Waals surface area contributed by atoms with Crippen LogP contribution in [0, 0.1) is 0 Å². The molecular weight excluding hydrogens is 149 g/mol. The van der Waals surface area contributed by atoms with Crippen molar-refractivity contribution >= 4 is 12.6 Å². The third-order valence-electron chi connectivity index (χ3n) is 1.88. The van der Waals surface area contributed by atoms with Crippen LogP contribution in [0.1, 0.15) is 0 Å². The van der Waals surface area contributed by atoms with Crippen LogP contribution < -0.4 is 5.59 Å². The fraction of sp³-hybridized carbons (Fsp3) is 0.500. The van der Waals surface area contributed by atoms with E-state index in [-0.39, 0.29) is 0 Å². The van der Waals surface area contributed by atoms with Gasteiger partial charge in [0.2, 0.25) is 0 Å². The quantitative estimate of drug-likeness (QED) is 0.628. The molecule has 1 aromatic heterocycles. The fourth-order valence-corrected chi connectivity index (χ4v) is 1.52. The molecule has 66 valence electrons. The minimum atomic E-state index is 0.333. The molecule has 1 heterocycles. The second-order valence-corrected chi connectivity index (χ2v) is 3.43. The first kappa shape index (κ1) is 9.35. The topological polar surface area (TPSA) is 22.3 Å². The predicted octanol–water partition coefficient (Wildman–Crippen LogP) is -0.167. The number of rotatable bonds is 3. The molecule has 0 aliphatic carbocycles. The van der Waals surface area contributed by atoms with Crippen LogP contribution in [0.2, 0.25) is 0 Å². The molecule has 0 amide bonds. The molecule has 0 spiro atoms. The molecule has 0 unspecified atom stereocenters. The van der Waals surface area contributed by atoms with Crippen LogP contribution in [0.3, 0.4) is 0 Å². The van der Waals surface area contributed by atoms with Crippen molar-refractivity contribution in [2.24, 2.45) is 0 Å². The SMILES string of the molecule is CN(C)B(c1ccc[nH]1)N(C)C. The van der Waals surface area contributed by atoms with Crippen molar-refractivity contribution in [2.75, 3.05) is 28.2 Å². The van der Waals surface area contributed by atoms with Crippen LogP contribution in [0.25, 0.3) is 0 Å². The zero-order valence-electron chi connectivity index (χ0n) is 8.20. The molecule has 0 bridgehead atoms. The molecule has 0 saturated heterocycles. The number of hydrogen-bond acceptors (Lipinski definition) is 2. The number of nitrogens with zero attached hydrogens (tertiary/aromatic N) is 2. The van der Waals surface area contributed by atoms with Gasteiger partial charge in [0.1, 0.15) is 0 Å². The lowest BCUT2D eigenvalue weighted by Gasteiger charge is -2.25. The lowest BCUT2D eigenvalue weighted by Crippen LogP contribution is -2.55. The minimum absolute atomic E-state index is 0.333. The van der Waals surface area contributed by atoms with Crippen LogP contribution >= 0.6 is 0 Å². The summed E-state index contributed by atoms with van der Waals surface area (Å²) in [6, 6.07) is 4.12. The van der Waals surface area contributed by atoms with Gasteiger partial charge in [0.15, 0.2) is 0 Å². The highest BCUT2D eigenvalue weighted by molar-refractivity contribution is 6.67. The summed E-state index contributed by atoms with van der Waals surface area (Å²) in [5, 5.41) is 0. The highest BCUT2D eigenvalue weighted by Crippen LogP contribution is 1.91. The molecule has 1 aromatic rings. The summed E-state index contributed by atoms with van der Waals surface area (Å²) in [7, 11) is 8.30. The Kier molecular flexibility index (Phi) is 2.95. The average Bonchev–Trinajstić information content (AvgIpc) is 2.37. The van der Waals surface area contributed by atoms with Gasteiger partial charge < -0.3 is 14.6 Å². The zero-order chi connectivity index (χ0) is 9.14. The smallest absolute Gasteiger partial charge is 0.362 e. The summed E-state index contributed by atoms with van der Waals surface area (Å²) < 4.78 is 0. The van der Waals surface area contributed by atoms with Gasteiger partial charge in [-0.3, -0.25) is 0 Å². The molecule has 0 saturated carbocycles. The predicted molar refractivity (Wildman–Crippen MR) is 53.6 cm³/mol. The monoisotopic (exact) mass is 165 g/mol. The van der Waals surface area contributed by atoms with Gasteiger partial charge in [0, 0.05) is 11.8 Å². The number of nitrogens with one attached hydrogen (secondary N) is 1. The maximum Gasteiger partial charge on any atom is 0.362 e. The first-order chi connectivity index (χ1) is 5.63. The first-order valence-electron chi connectivity index (χ1n) is 4.09. The normalized spacial score (nSPS) is 11.2. The maximum atomic E-state index is 3.22. The van der Waals surface area contributed by atoms with E-state index in [2.05, 4.69) is 48.9 Å². The number of H-pyrrole nitrogens is 1. The standard InChI is InChI=1S/C8H16BN3/c1-11(2)9(12(3)4)8-6-5-7-10-8/h5-7,10H,1-4H3. The molecular formula is C8H16BN3. The maximum absolute atomic E-state index is 3.22. The molecule has 0 aromatic carbocycles. The molecule has 12 heavy (non-hydrogen) atoms. The zero-order valence-corrected chi connectivity index (χ0v) is 8.20. The van der Waals surface area contributed by atoms with E-state index in [1.807, 2.05) is 12.3 Å². The molecule has 0 radical (unpaired) electrons. The molecule has 1 N–H and O–H groups in total. The molecule has 0 fully saturated rings. The van der Waals surface area contributed by atoms with Crippen LogP contribution in [-0.4, -0.2) is 49.8 Å². The van der Waals surface area contributed by atoms with E-state index in [0.29, 0.717) is 6.98 Å². The van der Waals surface area contributed by atoms with Gasteiger partial charge in [-0.15, -0.1) is 0 Å². The molecule has 0 aliphatic rings. The number of aromatic amines is 1. The van der Waals surface area contributed by atoms with Gasteiger partial charge in [-0.1, -0.05) is 0 Å². The van der Waals surface area contributed by atoms with Crippen molar-refractivity contribution in [1.29, 1.82) is 0 Å². The van der Waals surface area contributed by atoms with Crippen molar-refractivity contribution in [2.45, 2.75) is 0 Å². The van der Waals surface area contributed by atoms with Crippen molar-refractivity contribution < 1.29 is 0 Å². The summed E-state index contributed by atoms with van der Waals surface area (Å²) in [5.41, 5.74) is 1.23. The summed E-state index contributed by atoms with van der Waals surface area (Å²) in [6.07, 6.45) is 1.95. The summed E-state index contributed by atoms with van der Waals surface area (Å²) in [6.45, 7) is 0.333. The van der Waals surface area contributed by atoms with Gasteiger partial charge >= 0.3 is 6.98 Å². The largest absolute Gasteiger partial charge is 0.370 e. The van der Waals surface area contributed by atoms with Gasteiger partial charge in [-0.05, 0) is 40.3 Å². The van der Waals surface area contributed by atoms with E-state index >= 15 is 0 Å². The van der Waals surface area contributed by atoms with Gasteiger partial charge in [-0.25, -0.2) is 0 Å². The molecule has 0 atom stereocenters. The Morgan fingerprint density at radius 3 is 2.08 bits per heavy atom. The Balaban J connectivity index is 2.81. The molecule has 1 rings (SSSR count). The summed E-state index contributed by atoms with van der Waals surface area (Å²) >= 11 is 0. The van der Waals surface area contributed by atoms with Crippen molar-refractivity contribution in [1.82, 2.24) is 14.6 Å². The first-order valence-corrected chi connectivity index (χ1v) is 4.09. The highest BCUT2D eigenvalue weighted by atomic mass is 15.2. The Morgan fingerprint density at radius 2 is 1.75 bits per heavy atom. The lowest BCUT2D eigenvalue weighted by atomic mass is 9.69. The second-order valence-electron chi connectivity index (χ2n) is 3.43. The second kappa shape index (κ2) is 3.78.